The number of nitrogens with zero attached hydrogens (tertiary/aromatic N) is 1. The summed E-state index contributed by atoms with van der Waals surface area (Å²) in [6.45, 7) is 0.139. The third-order valence-electron chi connectivity index (χ3n) is 4.64. The maximum atomic E-state index is 11.9. The highest BCUT2D eigenvalue weighted by Crippen LogP contribution is 2.63. The van der Waals surface area contributed by atoms with E-state index >= 15 is 0 Å². The van der Waals surface area contributed by atoms with Crippen molar-refractivity contribution in [2.24, 2.45) is 11.3 Å². The molecule has 2 aliphatic rings. The van der Waals surface area contributed by atoms with Gasteiger partial charge in [0.1, 0.15) is 11.4 Å². The van der Waals surface area contributed by atoms with Gasteiger partial charge in [0.15, 0.2) is 0 Å². The fourth-order valence-corrected chi connectivity index (χ4v) is 3.16. The van der Waals surface area contributed by atoms with E-state index in [9.17, 15) is 4.79 Å². The van der Waals surface area contributed by atoms with Crippen LogP contribution in [0.5, 0.6) is 5.75 Å². The van der Waals surface area contributed by atoms with Crippen molar-refractivity contribution in [1.29, 1.82) is 0 Å². The van der Waals surface area contributed by atoms with Crippen LogP contribution in [0.25, 0.3) is 6.08 Å². The van der Waals surface area contributed by atoms with Gasteiger partial charge >= 0.3 is 0 Å². The predicted molar refractivity (Wildman–Crippen MR) is 83.6 cm³/mol. The van der Waals surface area contributed by atoms with Gasteiger partial charge in [0.05, 0.1) is 19.9 Å². The fourth-order valence-electron chi connectivity index (χ4n) is 3.16. The maximum Gasteiger partial charge on any atom is 0.269 e. The molecule has 22 heavy (non-hydrogen) atoms. The number of hydrogen-bond acceptors (Lipinski definition) is 4. The number of nitrogens with one attached hydrogen (secondary N) is 1. The zero-order chi connectivity index (χ0) is 15.6. The first kappa shape index (κ1) is 15.0. The second kappa shape index (κ2) is 6.08. The lowest BCUT2D eigenvalue weighted by atomic mass is 9.72. The lowest BCUT2D eigenvalue weighted by Gasteiger charge is -2.33. The molecule has 2 saturated carbocycles. The molecule has 2 N–H and O–H groups in total. The molecule has 2 aliphatic carbocycles. The first-order valence-electron chi connectivity index (χ1n) is 7.77. The van der Waals surface area contributed by atoms with Crippen molar-refractivity contribution in [2.45, 2.75) is 25.7 Å². The van der Waals surface area contributed by atoms with Gasteiger partial charge in [0, 0.05) is 12.1 Å². The van der Waals surface area contributed by atoms with E-state index < -0.39 is 0 Å². The first-order chi connectivity index (χ1) is 10.7. The Kier molecular flexibility index (Phi) is 4.16. The lowest BCUT2D eigenvalue weighted by Crippen LogP contribution is -2.27. The Hall–Kier alpha value is -1.88. The number of hydrogen-bond donors (Lipinski definition) is 2. The molecule has 0 atom stereocenters. The predicted octanol–water partition coefficient (Wildman–Crippen LogP) is 2.02. The number of aliphatic hydroxyl groups excluding tert-OH is 1. The summed E-state index contributed by atoms with van der Waals surface area (Å²) < 4.78 is 5.31. The average molecular weight is 302 g/mol. The van der Waals surface area contributed by atoms with Crippen LogP contribution in [0.3, 0.4) is 0 Å². The first-order valence-corrected chi connectivity index (χ1v) is 7.77. The molecule has 0 radical (unpaired) electrons. The van der Waals surface area contributed by atoms with E-state index in [1.165, 1.54) is 25.7 Å². The van der Waals surface area contributed by atoms with Gasteiger partial charge in [0.25, 0.3) is 5.91 Å². The van der Waals surface area contributed by atoms with Gasteiger partial charge in [-0.25, -0.2) is 4.98 Å². The van der Waals surface area contributed by atoms with Gasteiger partial charge in [-0.2, -0.15) is 0 Å². The molecular weight excluding hydrogens is 280 g/mol. The summed E-state index contributed by atoms with van der Waals surface area (Å²) in [5.41, 5.74) is 1.89. The standard InChI is InChI=1S/C17H22N2O3/c1-22-15-11-19-14(16(21)18-6-7-20)8-13(15)3-2-12-9-17(10-12)4-5-17/h2-3,8,11-12,20H,4-7,9-10H2,1H3,(H,18,21)/b3-2+. The van der Waals surface area contributed by atoms with Crippen LogP contribution < -0.4 is 10.1 Å². The van der Waals surface area contributed by atoms with Crippen LogP contribution in [0.2, 0.25) is 0 Å². The number of ether oxygens (including phenoxy) is 1. The van der Waals surface area contributed by atoms with E-state index in [1.807, 2.05) is 6.08 Å². The molecule has 118 valence electrons. The Morgan fingerprint density at radius 2 is 2.32 bits per heavy atom. The fraction of sp³-hybridized carbons (Fsp3) is 0.529. The molecule has 0 aliphatic heterocycles. The van der Waals surface area contributed by atoms with E-state index in [2.05, 4.69) is 16.4 Å². The molecule has 1 aromatic heterocycles. The van der Waals surface area contributed by atoms with Gasteiger partial charge in [-0.3, -0.25) is 4.79 Å². The number of pyridine rings is 1. The van der Waals surface area contributed by atoms with Gasteiger partial charge in [-0.1, -0.05) is 12.2 Å². The molecule has 5 nitrogen and oxygen atoms in total. The van der Waals surface area contributed by atoms with Crippen molar-refractivity contribution in [2.75, 3.05) is 20.3 Å². The Balaban J connectivity index is 1.70. The van der Waals surface area contributed by atoms with Crippen molar-refractivity contribution in [3.63, 3.8) is 0 Å². The highest BCUT2D eigenvalue weighted by Gasteiger charge is 2.51. The molecule has 2 fully saturated rings. The van der Waals surface area contributed by atoms with Crippen molar-refractivity contribution in [3.05, 3.63) is 29.6 Å². The minimum Gasteiger partial charge on any atom is -0.495 e. The van der Waals surface area contributed by atoms with Gasteiger partial charge in [0.2, 0.25) is 0 Å². The largest absolute Gasteiger partial charge is 0.495 e. The summed E-state index contributed by atoms with van der Waals surface area (Å²) in [5.74, 6) is 1.02. The molecular formula is C17H22N2O3. The molecule has 5 heteroatoms. The van der Waals surface area contributed by atoms with Crippen LogP contribution >= 0.6 is 0 Å². The highest BCUT2D eigenvalue weighted by atomic mass is 16.5. The summed E-state index contributed by atoms with van der Waals surface area (Å²) in [6, 6.07) is 1.73. The van der Waals surface area contributed by atoms with Crippen LogP contribution in [0, 0.1) is 11.3 Å². The molecule has 3 rings (SSSR count). The lowest BCUT2D eigenvalue weighted by molar-refractivity contribution is 0.0939. The Labute approximate surface area is 130 Å². The quantitative estimate of drug-likeness (QED) is 0.843. The molecule has 0 unspecified atom stereocenters. The van der Waals surface area contributed by atoms with Gasteiger partial charge < -0.3 is 15.2 Å². The summed E-state index contributed by atoms with van der Waals surface area (Å²) in [7, 11) is 1.60. The Morgan fingerprint density at radius 3 is 2.95 bits per heavy atom. The van der Waals surface area contributed by atoms with Crippen molar-refractivity contribution in [1.82, 2.24) is 10.3 Å². The number of methoxy groups -OCH3 is 1. The van der Waals surface area contributed by atoms with Crippen LogP contribution in [0.15, 0.2) is 18.3 Å². The van der Waals surface area contributed by atoms with Crippen LogP contribution in [-0.4, -0.2) is 36.3 Å². The molecule has 0 saturated heterocycles. The van der Waals surface area contributed by atoms with Crippen molar-refractivity contribution in [3.8, 4) is 5.75 Å². The maximum absolute atomic E-state index is 11.9. The van der Waals surface area contributed by atoms with E-state index in [0.29, 0.717) is 22.8 Å². The highest BCUT2D eigenvalue weighted by molar-refractivity contribution is 5.93. The second-order valence-electron chi connectivity index (χ2n) is 6.32. The smallest absolute Gasteiger partial charge is 0.269 e. The summed E-state index contributed by atoms with van der Waals surface area (Å²) in [5, 5.41) is 11.4. The van der Waals surface area contributed by atoms with Crippen molar-refractivity contribution >= 4 is 12.0 Å². The Morgan fingerprint density at radius 1 is 1.55 bits per heavy atom. The molecule has 1 spiro atoms. The average Bonchev–Trinajstić information content (AvgIpc) is 3.30. The minimum atomic E-state index is -0.285. The molecule has 1 amide bonds. The van der Waals surface area contributed by atoms with E-state index in [4.69, 9.17) is 9.84 Å². The normalized spacial score (nSPS) is 19.2. The number of carbonyl (C=O) groups excluding carboxylic acids is 1. The number of aromatic nitrogens is 1. The van der Waals surface area contributed by atoms with E-state index in [1.54, 1.807) is 19.4 Å². The molecule has 1 heterocycles. The van der Waals surface area contributed by atoms with E-state index in [0.717, 1.165) is 5.56 Å². The van der Waals surface area contributed by atoms with Crippen LogP contribution in [-0.2, 0) is 0 Å². The number of aliphatic hydroxyl groups is 1. The number of carbonyl (C=O) groups is 1. The molecule has 0 bridgehead atoms. The minimum absolute atomic E-state index is 0.0852. The summed E-state index contributed by atoms with van der Waals surface area (Å²) in [4.78, 5) is 16.0. The number of rotatable bonds is 6. The van der Waals surface area contributed by atoms with Gasteiger partial charge in [-0.05, 0) is 43.1 Å². The van der Waals surface area contributed by atoms with Crippen LogP contribution in [0.1, 0.15) is 41.7 Å². The molecule has 1 aromatic rings. The monoisotopic (exact) mass is 302 g/mol. The third kappa shape index (κ3) is 3.14. The van der Waals surface area contributed by atoms with Gasteiger partial charge in [-0.15, -0.1) is 0 Å². The zero-order valence-corrected chi connectivity index (χ0v) is 12.8. The number of allylic oxidation sites excluding steroid dienone is 1. The molecule has 0 aromatic carbocycles. The summed E-state index contributed by atoms with van der Waals surface area (Å²) >= 11 is 0. The number of amides is 1. The van der Waals surface area contributed by atoms with Crippen molar-refractivity contribution < 1.29 is 14.6 Å². The SMILES string of the molecule is COc1cnc(C(=O)NCCO)cc1/C=C/C1CC2(CC2)C1. The Bertz CT molecular complexity index is 586. The van der Waals surface area contributed by atoms with E-state index in [-0.39, 0.29) is 19.1 Å². The zero-order valence-electron chi connectivity index (χ0n) is 12.8. The third-order valence-corrected chi connectivity index (χ3v) is 4.64. The topological polar surface area (TPSA) is 71.5 Å². The second-order valence-corrected chi connectivity index (χ2v) is 6.32. The van der Waals surface area contributed by atoms with Crippen LogP contribution in [0.4, 0.5) is 0 Å². The summed E-state index contributed by atoms with van der Waals surface area (Å²) in [6.07, 6.45) is 11.2.